The summed E-state index contributed by atoms with van der Waals surface area (Å²) >= 11 is 7.98. The van der Waals surface area contributed by atoms with Gasteiger partial charge < -0.3 is 20.1 Å². The third-order valence-corrected chi connectivity index (χ3v) is 12.0. The molecule has 10 nitrogen and oxygen atoms in total. The number of hydrogen-bond acceptors (Lipinski definition) is 10. The van der Waals surface area contributed by atoms with E-state index in [0.717, 1.165) is 42.8 Å². The van der Waals surface area contributed by atoms with Crippen LogP contribution in [0, 0.1) is 23.0 Å². The van der Waals surface area contributed by atoms with Gasteiger partial charge in [0.25, 0.3) is 0 Å². The van der Waals surface area contributed by atoms with Crippen molar-refractivity contribution in [3.63, 3.8) is 0 Å². The number of thiophene rings is 1. The molecular formula is C34H30ClF3N8O2S. The molecule has 7 heterocycles. The Balaban J connectivity index is 1.24. The number of fused-ring (bicyclic) bond motifs is 3. The zero-order valence-corrected chi connectivity index (χ0v) is 27.8. The van der Waals surface area contributed by atoms with Crippen LogP contribution in [0.2, 0.25) is 5.02 Å². The molecule has 15 heteroatoms. The van der Waals surface area contributed by atoms with Gasteiger partial charge in [0, 0.05) is 54.8 Å². The van der Waals surface area contributed by atoms with Gasteiger partial charge in [-0.1, -0.05) is 17.7 Å². The smallest absolute Gasteiger partial charge is 0.319 e. The van der Waals surface area contributed by atoms with Gasteiger partial charge in [-0.25, -0.2) is 13.2 Å². The molecule has 2 N–H and O–H groups in total. The van der Waals surface area contributed by atoms with Gasteiger partial charge in [-0.05, 0) is 43.5 Å². The molecule has 5 aromatic rings. The van der Waals surface area contributed by atoms with Gasteiger partial charge in [-0.2, -0.15) is 20.3 Å². The van der Waals surface area contributed by atoms with Crippen LogP contribution >= 0.6 is 22.9 Å². The summed E-state index contributed by atoms with van der Waals surface area (Å²) < 4.78 is 61.6. The topological polar surface area (TPSA) is 118 Å². The number of hydrogen-bond donors (Lipinski definition) is 1. The van der Waals surface area contributed by atoms with Crippen LogP contribution in [-0.4, -0.2) is 75.2 Å². The molecule has 0 bridgehead atoms. The first-order valence-corrected chi connectivity index (χ1v) is 17.5. The lowest BCUT2D eigenvalue weighted by molar-refractivity contribution is 0.107. The standard InChI is InChI=1S/C34H30ClF3N8O2S/c35-26-24(20-2-3-22(37)30-23(20)21(14-39)31(40)49-30)27(38)28-25-29(26)47-11-10-45(18-5-9-46-19(12-18)4-7-41-46)32(25)43-33(42-28)48-16-34-6-1-8-44(34)15-17(36)13-34/h2-4,7,17-18H,1,5-6,8-13,15-16,40H2/t17-,18?,34+/m1/s1. The van der Waals surface area contributed by atoms with Crippen molar-refractivity contribution < 1.29 is 22.6 Å². The number of alkyl halides is 1. The van der Waals surface area contributed by atoms with Crippen LogP contribution in [0.15, 0.2) is 24.4 Å². The predicted molar refractivity (Wildman–Crippen MR) is 180 cm³/mol. The van der Waals surface area contributed by atoms with Gasteiger partial charge in [0.15, 0.2) is 11.6 Å². The van der Waals surface area contributed by atoms with Gasteiger partial charge in [-0.3, -0.25) is 9.58 Å². The van der Waals surface area contributed by atoms with E-state index in [1.807, 2.05) is 16.8 Å². The molecule has 4 aliphatic heterocycles. The van der Waals surface area contributed by atoms with Crippen molar-refractivity contribution in [1.82, 2.24) is 24.6 Å². The van der Waals surface area contributed by atoms with E-state index >= 15 is 8.78 Å². The van der Waals surface area contributed by atoms with E-state index in [4.69, 9.17) is 31.8 Å². The number of anilines is 2. The fourth-order valence-corrected chi connectivity index (χ4v) is 9.64. The van der Waals surface area contributed by atoms with Crippen LogP contribution in [0.25, 0.3) is 32.1 Å². The molecule has 0 saturated carbocycles. The van der Waals surface area contributed by atoms with Crippen LogP contribution in [0.4, 0.5) is 24.0 Å². The van der Waals surface area contributed by atoms with Gasteiger partial charge in [0.1, 0.15) is 47.6 Å². The molecular weight excluding hydrogens is 677 g/mol. The van der Waals surface area contributed by atoms with E-state index in [-0.39, 0.29) is 73.3 Å². The molecule has 4 aliphatic rings. The number of halogens is 4. The average molecular weight is 707 g/mol. The lowest BCUT2D eigenvalue weighted by Gasteiger charge is -2.35. The summed E-state index contributed by atoms with van der Waals surface area (Å²) in [6, 6.07) is 6.57. The number of ether oxygens (including phenoxy) is 2. The van der Waals surface area contributed by atoms with E-state index in [1.54, 1.807) is 6.20 Å². The van der Waals surface area contributed by atoms with Crippen molar-refractivity contribution in [3.8, 4) is 29.0 Å². The van der Waals surface area contributed by atoms with E-state index in [1.165, 1.54) is 12.1 Å². The molecule has 0 spiro atoms. The van der Waals surface area contributed by atoms with Gasteiger partial charge in [-0.15, -0.1) is 11.3 Å². The second-order valence-electron chi connectivity index (χ2n) is 13.2. The first-order chi connectivity index (χ1) is 23.8. The Kier molecular flexibility index (Phi) is 7.12. The highest BCUT2D eigenvalue weighted by Gasteiger charge is 2.49. The Bertz CT molecular complexity index is 2220. The third-order valence-electron chi connectivity index (χ3n) is 10.6. The first-order valence-electron chi connectivity index (χ1n) is 16.3. The Labute approximate surface area is 287 Å². The highest BCUT2D eigenvalue weighted by atomic mass is 35.5. The molecule has 9 rings (SSSR count). The normalized spacial score (nSPS) is 23.4. The van der Waals surface area contributed by atoms with Gasteiger partial charge in [0.05, 0.1) is 32.8 Å². The van der Waals surface area contributed by atoms with Crippen LogP contribution in [-0.2, 0) is 13.0 Å². The highest BCUT2D eigenvalue weighted by Crippen LogP contribution is 2.51. The second-order valence-corrected chi connectivity index (χ2v) is 14.7. The molecule has 0 radical (unpaired) electrons. The molecule has 2 fully saturated rings. The minimum absolute atomic E-state index is 0.0130. The maximum Gasteiger partial charge on any atom is 0.319 e. The van der Waals surface area contributed by atoms with Crippen LogP contribution < -0.4 is 20.1 Å². The Hall–Kier alpha value is -4.32. The molecule has 2 aromatic carbocycles. The molecule has 49 heavy (non-hydrogen) atoms. The minimum Gasteiger partial charge on any atom is -0.489 e. The SMILES string of the molecule is N#Cc1c(N)sc2c(F)ccc(-c3c(Cl)c4c5c(nc(OC[C@@]67CCCN6C[C@H](F)C7)nc5c3F)N(C3CCn5nccc5C3)CCO4)c12. The van der Waals surface area contributed by atoms with E-state index in [0.29, 0.717) is 43.7 Å². The number of aryl methyl sites for hydroxylation is 1. The molecule has 252 valence electrons. The second kappa shape index (κ2) is 11.4. The number of nitrogens with two attached hydrogens (primary N) is 1. The maximum atomic E-state index is 17.3. The fraction of sp³-hybridized carbons (Fsp3) is 0.412. The average Bonchev–Trinajstić information content (AvgIpc) is 3.83. The summed E-state index contributed by atoms with van der Waals surface area (Å²) in [7, 11) is 0. The van der Waals surface area contributed by atoms with Crippen molar-refractivity contribution in [2.45, 2.75) is 56.4 Å². The van der Waals surface area contributed by atoms with Crippen LogP contribution in [0.5, 0.6) is 11.8 Å². The van der Waals surface area contributed by atoms with Crippen LogP contribution in [0.3, 0.4) is 0 Å². The molecule has 3 atom stereocenters. The van der Waals surface area contributed by atoms with Crippen molar-refractivity contribution >= 4 is 54.7 Å². The largest absolute Gasteiger partial charge is 0.489 e. The number of aromatic nitrogens is 4. The summed E-state index contributed by atoms with van der Waals surface area (Å²) in [6.07, 6.45) is 4.37. The highest BCUT2D eigenvalue weighted by molar-refractivity contribution is 7.23. The van der Waals surface area contributed by atoms with Crippen molar-refractivity contribution in [2.24, 2.45) is 0 Å². The first kappa shape index (κ1) is 30.7. The molecule has 0 amide bonds. The summed E-state index contributed by atoms with van der Waals surface area (Å²) in [6.45, 7) is 2.66. The van der Waals surface area contributed by atoms with Crippen LogP contribution in [0.1, 0.15) is 36.9 Å². The number of nitrogens with zero attached hydrogens (tertiary/aromatic N) is 7. The van der Waals surface area contributed by atoms with Gasteiger partial charge >= 0.3 is 6.01 Å². The van der Waals surface area contributed by atoms with E-state index in [9.17, 15) is 9.65 Å². The summed E-state index contributed by atoms with van der Waals surface area (Å²) in [5, 5.41) is 14.9. The van der Waals surface area contributed by atoms with Crippen molar-refractivity contribution in [2.75, 3.05) is 43.5 Å². The minimum atomic E-state index is -0.944. The number of benzene rings is 2. The zero-order valence-electron chi connectivity index (χ0n) is 26.2. The number of nitrogen functional groups attached to an aromatic ring is 1. The Morgan fingerprint density at radius 1 is 1.18 bits per heavy atom. The van der Waals surface area contributed by atoms with Crippen molar-refractivity contribution in [3.05, 3.63) is 52.3 Å². The van der Waals surface area contributed by atoms with E-state index in [2.05, 4.69) is 19.9 Å². The lowest BCUT2D eigenvalue weighted by atomic mass is 9.95. The summed E-state index contributed by atoms with van der Waals surface area (Å²) in [5.41, 5.74) is 6.77. The van der Waals surface area contributed by atoms with Gasteiger partial charge in [0.2, 0.25) is 0 Å². The van der Waals surface area contributed by atoms with E-state index < -0.39 is 23.3 Å². The zero-order chi connectivity index (χ0) is 33.6. The predicted octanol–water partition coefficient (Wildman–Crippen LogP) is 6.26. The number of rotatable bonds is 5. The quantitative estimate of drug-likeness (QED) is 0.226. The Morgan fingerprint density at radius 2 is 2.06 bits per heavy atom. The summed E-state index contributed by atoms with van der Waals surface area (Å²) in [4.78, 5) is 13.8. The molecule has 3 aromatic heterocycles. The number of nitriles is 1. The Morgan fingerprint density at radius 3 is 2.92 bits per heavy atom. The molecule has 0 aliphatic carbocycles. The summed E-state index contributed by atoms with van der Waals surface area (Å²) in [5.74, 6) is -0.767. The maximum absolute atomic E-state index is 17.3. The molecule has 2 saturated heterocycles. The van der Waals surface area contributed by atoms with Crippen molar-refractivity contribution in [1.29, 1.82) is 5.26 Å². The third kappa shape index (κ3) is 4.65. The lowest BCUT2D eigenvalue weighted by Crippen LogP contribution is -2.44. The fourth-order valence-electron chi connectivity index (χ4n) is 8.36. The molecule has 1 unspecified atom stereocenters. The monoisotopic (exact) mass is 706 g/mol.